The SMILES string of the molecule is CC(=O)Nc1cc(S(=O)(=O)O)cc2c(S(=O)(=O)O)c[c]c(O)c12. The molecule has 0 aromatic heterocycles. The molecule has 0 aliphatic carbocycles. The maximum absolute atomic E-state index is 11.4. The van der Waals surface area contributed by atoms with Crippen molar-refractivity contribution in [3.63, 3.8) is 0 Å². The summed E-state index contributed by atoms with van der Waals surface area (Å²) in [6.45, 7) is 1.10. The average Bonchev–Trinajstić information content (AvgIpc) is 2.35. The molecule has 0 unspecified atom stereocenters. The molecule has 11 heteroatoms. The summed E-state index contributed by atoms with van der Waals surface area (Å²) in [4.78, 5) is 9.75. The lowest BCUT2D eigenvalue weighted by Gasteiger charge is -2.12. The van der Waals surface area contributed by atoms with Crippen LogP contribution in [0.5, 0.6) is 5.75 Å². The van der Waals surface area contributed by atoms with E-state index < -0.39 is 47.1 Å². The van der Waals surface area contributed by atoms with Crippen LogP contribution >= 0.6 is 0 Å². The molecule has 2 aromatic rings. The van der Waals surface area contributed by atoms with Crippen LogP contribution < -0.4 is 5.32 Å². The minimum atomic E-state index is -4.79. The molecule has 0 saturated heterocycles. The second-order valence-corrected chi connectivity index (χ2v) is 7.34. The van der Waals surface area contributed by atoms with Crippen LogP contribution in [0.3, 0.4) is 0 Å². The van der Waals surface area contributed by atoms with Gasteiger partial charge >= 0.3 is 0 Å². The fourth-order valence-electron chi connectivity index (χ4n) is 2.00. The zero-order chi connectivity index (χ0) is 17.6. The molecule has 0 aliphatic heterocycles. The number of carbonyl (C=O) groups is 1. The summed E-state index contributed by atoms with van der Waals surface area (Å²) in [7, 11) is -9.53. The number of amides is 1. The van der Waals surface area contributed by atoms with E-state index in [-0.39, 0.29) is 11.1 Å². The van der Waals surface area contributed by atoms with Gasteiger partial charge in [-0.2, -0.15) is 16.8 Å². The molecule has 0 aliphatic rings. The predicted molar refractivity (Wildman–Crippen MR) is 78.4 cm³/mol. The molecule has 0 fully saturated rings. The summed E-state index contributed by atoms with van der Waals surface area (Å²) >= 11 is 0. The lowest BCUT2D eigenvalue weighted by atomic mass is 10.1. The fraction of sp³-hybridized carbons (Fsp3) is 0.0833. The molecule has 9 nitrogen and oxygen atoms in total. The van der Waals surface area contributed by atoms with Gasteiger partial charge < -0.3 is 10.4 Å². The Bertz CT molecular complexity index is 1020. The Labute approximate surface area is 131 Å². The van der Waals surface area contributed by atoms with Crippen molar-refractivity contribution in [2.24, 2.45) is 0 Å². The highest BCUT2D eigenvalue weighted by Crippen LogP contribution is 2.37. The monoisotopic (exact) mass is 360 g/mol. The summed E-state index contributed by atoms with van der Waals surface area (Å²) in [5, 5.41) is 11.4. The maximum atomic E-state index is 11.4. The molecular weight excluding hydrogens is 350 g/mol. The molecular formula is C12H10NO8S2. The van der Waals surface area contributed by atoms with Crippen LogP contribution in [0.15, 0.2) is 28.0 Å². The normalized spacial score (nSPS) is 12.3. The Morgan fingerprint density at radius 3 is 2.22 bits per heavy atom. The van der Waals surface area contributed by atoms with Gasteiger partial charge in [-0.15, -0.1) is 0 Å². The maximum Gasteiger partial charge on any atom is 0.295 e. The standard InChI is InChI=1S/C12H10NO8S2/c1-6(14)13-9-5-7(22(16,17)18)4-8-11(23(19,20)21)3-2-10(15)12(8)9/h3-5,15H,1H3,(H,13,14)(H,16,17,18)(H,19,20,21). The van der Waals surface area contributed by atoms with Gasteiger partial charge in [0.2, 0.25) is 5.91 Å². The molecule has 2 aromatic carbocycles. The van der Waals surface area contributed by atoms with Gasteiger partial charge in [0.25, 0.3) is 20.2 Å². The first kappa shape index (κ1) is 17.1. The van der Waals surface area contributed by atoms with Gasteiger partial charge in [0.05, 0.1) is 10.6 Å². The van der Waals surface area contributed by atoms with Gasteiger partial charge in [-0.25, -0.2) is 0 Å². The number of fused-ring (bicyclic) bond motifs is 1. The van der Waals surface area contributed by atoms with Crippen LogP contribution in [0.2, 0.25) is 0 Å². The molecule has 0 atom stereocenters. The molecule has 1 radical (unpaired) electrons. The molecule has 2 rings (SSSR count). The van der Waals surface area contributed by atoms with Crippen molar-refractivity contribution in [2.45, 2.75) is 16.7 Å². The van der Waals surface area contributed by atoms with Crippen molar-refractivity contribution >= 4 is 42.6 Å². The first-order chi connectivity index (χ1) is 10.4. The molecule has 0 saturated carbocycles. The lowest BCUT2D eigenvalue weighted by Crippen LogP contribution is -2.09. The Balaban J connectivity index is 3.07. The van der Waals surface area contributed by atoms with Crippen molar-refractivity contribution in [3.05, 3.63) is 24.3 Å². The number of carbonyl (C=O) groups excluding carboxylic acids is 1. The Hall–Kier alpha value is -2.21. The van der Waals surface area contributed by atoms with E-state index in [1.807, 2.05) is 0 Å². The Kier molecular flexibility index (Phi) is 4.07. The van der Waals surface area contributed by atoms with Crippen molar-refractivity contribution in [1.29, 1.82) is 0 Å². The van der Waals surface area contributed by atoms with Crippen LogP contribution in [-0.4, -0.2) is 37.0 Å². The highest BCUT2D eigenvalue weighted by molar-refractivity contribution is 7.86. The number of benzene rings is 2. The van der Waals surface area contributed by atoms with E-state index in [0.717, 1.165) is 25.1 Å². The molecule has 0 spiro atoms. The molecule has 0 bridgehead atoms. The topological polar surface area (TPSA) is 158 Å². The van der Waals surface area contributed by atoms with Crippen LogP contribution in [0.4, 0.5) is 5.69 Å². The van der Waals surface area contributed by atoms with E-state index in [9.17, 15) is 31.3 Å². The number of rotatable bonds is 3. The van der Waals surface area contributed by atoms with E-state index in [2.05, 4.69) is 11.4 Å². The van der Waals surface area contributed by atoms with Crippen LogP contribution in [0.25, 0.3) is 10.8 Å². The number of phenolic OH excluding ortho intramolecular Hbond substituents is 1. The van der Waals surface area contributed by atoms with Crippen molar-refractivity contribution in [3.8, 4) is 5.75 Å². The van der Waals surface area contributed by atoms with E-state index >= 15 is 0 Å². The lowest BCUT2D eigenvalue weighted by molar-refractivity contribution is -0.114. The van der Waals surface area contributed by atoms with Gasteiger partial charge in [-0.05, 0) is 18.2 Å². The Morgan fingerprint density at radius 2 is 1.74 bits per heavy atom. The highest BCUT2D eigenvalue weighted by atomic mass is 32.2. The van der Waals surface area contributed by atoms with Gasteiger partial charge in [0.15, 0.2) is 0 Å². The predicted octanol–water partition coefficient (Wildman–Crippen LogP) is 0.797. The molecule has 123 valence electrons. The zero-order valence-corrected chi connectivity index (χ0v) is 13.1. The van der Waals surface area contributed by atoms with E-state index in [4.69, 9.17) is 4.55 Å². The zero-order valence-electron chi connectivity index (χ0n) is 11.4. The molecule has 23 heavy (non-hydrogen) atoms. The minimum absolute atomic E-state index is 0.261. The number of nitrogens with one attached hydrogen (secondary N) is 1. The van der Waals surface area contributed by atoms with Gasteiger partial charge in [0.1, 0.15) is 10.6 Å². The second kappa shape index (κ2) is 5.45. The van der Waals surface area contributed by atoms with Gasteiger partial charge in [-0.1, -0.05) is 0 Å². The largest absolute Gasteiger partial charge is 0.507 e. The highest BCUT2D eigenvalue weighted by Gasteiger charge is 2.22. The third-order valence-corrected chi connectivity index (χ3v) is 4.57. The van der Waals surface area contributed by atoms with Gasteiger partial charge in [0, 0.05) is 23.8 Å². The molecule has 4 N–H and O–H groups in total. The first-order valence-corrected chi connectivity index (χ1v) is 8.73. The Morgan fingerprint density at radius 1 is 1.13 bits per heavy atom. The van der Waals surface area contributed by atoms with Crippen molar-refractivity contribution in [2.75, 3.05) is 5.32 Å². The number of phenols is 1. The number of anilines is 1. The van der Waals surface area contributed by atoms with E-state index in [1.165, 1.54) is 0 Å². The van der Waals surface area contributed by atoms with Crippen molar-refractivity contribution < 1.29 is 35.8 Å². The van der Waals surface area contributed by atoms with Crippen molar-refractivity contribution in [1.82, 2.24) is 0 Å². The number of aromatic hydroxyl groups is 1. The van der Waals surface area contributed by atoms with E-state index in [1.54, 1.807) is 0 Å². The van der Waals surface area contributed by atoms with E-state index in [0.29, 0.717) is 0 Å². The number of hydrogen-bond acceptors (Lipinski definition) is 6. The molecule has 1 amide bonds. The quantitative estimate of drug-likeness (QED) is 0.585. The summed E-state index contributed by atoms with van der Waals surface area (Å²) in [6.07, 6.45) is 0. The van der Waals surface area contributed by atoms with Crippen LogP contribution in [-0.2, 0) is 25.0 Å². The first-order valence-electron chi connectivity index (χ1n) is 5.85. The summed E-state index contributed by atoms with van der Waals surface area (Å²) in [5.41, 5.74) is -0.276. The average molecular weight is 360 g/mol. The van der Waals surface area contributed by atoms with Crippen LogP contribution in [0, 0.1) is 6.07 Å². The van der Waals surface area contributed by atoms with Gasteiger partial charge in [-0.3, -0.25) is 13.9 Å². The smallest absolute Gasteiger partial charge is 0.295 e. The third-order valence-electron chi connectivity index (χ3n) is 2.84. The summed E-state index contributed by atoms with van der Waals surface area (Å²) < 4.78 is 63.8. The van der Waals surface area contributed by atoms with Crippen LogP contribution in [0.1, 0.15) is 6.92 Å². The minimum Gasteiger partial charge on any atom is -0.507 e. The second-order valence-electron chi connectivity index (χ2n) is 4.53. The molecule has 0 heterocycles. The summed E-state index contributed by atoms with van der Waals surface area (Å²) in [6, 6.07) is 4.49. The fourth-order valence-corrected chi connectivity index (χ4v) is 3.18. The third kappa shape index (κ3) is 3.42. The number of hydrogen-bond donors (Lipinski definition) is 4. The summed E-state index contributed by atoms with van der Waals surface area (Å²) in [5.74, 6) is -1.23.